The number of hydrogen-bond acceptors (Lipinski definition) is 5. The summed E-state index contributed by atoms with van der Waals surface area (Å²) in [7, 11) is 0. The van der Waals surface area contributed by atoms with Crippen molar-refractivity contribution >= 4 is 5.82 Å². The van der Waals surface area contributed by atoms with E-state index in [0.29, 0.717) is 0 Å². The van der Waals surface area contributed by atoms with Crippen molar-refractivity contribution in [3.8, 4) is 11.4 Å². The fourth-order valence-corrected chi connectivity index (χ4v) is 3.29. The van der Waals surface area contributed by atoms with E-state index < -0.39 is 0 Å². The van der Waals surface area contributed by atoms with Gasteiger partial charge in [0, 0.05) is 42.8 Å². The summed E-state index contributed by atoms with van der Waals surface area (Å²) in [5.41, 5.74) is 1.52. The lowest BCUT2D eigenvalue weighted by Gasteiger charge is -2.47. The molecule has 3 rings (SSSR count). The summed E-state index contributed by atoms with van der Waals surface area (Å²) in [6.45, 7) is 12.1. The normalized spacial score (nSPS) is 19.6. The van der Waals surface area contributed by atoms with Crippen molar-refractivity contribution in [1.29, 1.82) is 0 Å². The lowest BCUT2D eigenvalue weighted by molar-refractivity contribution is -0.133. The number of aryl methyl sites for hydroxylation is 1. The summed E-state index contributed by atoms with van der Waals surface area (Å²) in [6.07, 6.45) is 3.53. The molecule has 0 amide bonds. The molecule has 0 aromatic carbocycles. The van der Waals surface area contributed by atoms with Crippen molar-refractivity contribution in [2.75, 3.05) is 18.0 Å². The Morgan fingerprint density at radius 3 is 2.22 bits per heavy atom. The zero-order valence-electron chi connectivity index (χ0n) is 14.5. The molecule has 0 spiro atoms. The van der Waals surface area contributed by atoms with Crippen LogP contribution in [0.3, 0.4) is 0 Å². The van der Waals surface area contributed by atoms with Crippen molar-refractivity contribution < 1.29 is 4.74 Å². The summed E-state index contributed by atoms with van der Waals surface area (Å²) >= 11 is 0. The van der Waals surface area contributed by atoms with E-state index in [0.717, 1.165) is 36.0 Å². The average molecular weight is 312 g/mol. The van der Waals surface area contributed by atoms with Crippen LogP contribution in [-0.4, -0.2) is 39.2 Å². The lowest BCUT2D eigenvalue weighted by Crippen LogP contribution is -2.57. The third-order valence-corrected chi connectivity index (χ3v) is 3.80. The summed E-state index contributed by atoms with van der Waals surface area (Å²) in [5.74, 6) is 1.69. The van der Waals surface area contributed by atoms with Crippen molar-refractivity contribution in [3.05, 3.63) is 36.3 Å². The van der Waals surface area contributed by atoms with Crippen molar-refractivity contribution in [3.63, 3.8) is 0 Å². The minimum atomic E-state index is -0.211. The largest absolute Gasteiger partial charge is 0.366 e. The molecule has 5 nitrogen and oxygen atoms in total. The van der Waals surface area contributed by atoms with Gasteiger partial charge in [0.05, 0.1) is 11.2 Å². The standard InChI is InChI=1S/C18H24N4O/c1-13-10-15(21-16(20-13)14-6-8-19-9-7-14)22-11-17(2,3)23-18(4,5)12-22/h6-10H,11-12H2,1-5H3. The molecule has 0 bridgehead atoms. The van der Waals surface area contributed by atoms with Crippen LogP contribution in [0.15, 0.2) is 30.6 Å². The quantitative estimate of drug-likeness (QED) is 0.852. The topological polar surface area (TPSA) is 51.1 Å². The highest BCUT2D eigenvalue weighted by atomic mass is 16.5. The van der Waals surface area contributed by atoms with Crippen LogP contribution in [-0.2, 0) is 4.74 Å². The first-order valence-electron chi connectivity index (χ1n) is 7.95. The summed E-state index contributed by atoms with van der Waals surface area (Å²) in [6, 6.07) is 5.92. The summed E-state index contributed by atoms with van der Waals surface area (Å²) < 4.78 is 6.16. The number of anilines is 1. The lowest BCUT2D eigenvalue weighted by atomic mass is 9.99. The Labute approximate surface area is 137 Å². The number of aromatic nitrogens is 3. The first-order chi connectivity index (χ1) is 10.7. The first-order valence-corrected chi connectivity index (χ1v) is 7.95. The van der Waals surface area contributed by atoms with Gasteiger partial charge >= 0.3 is 0 Å². The van der Waals surface area contributed by atoms with Gasteiger partial charge in [-0.1, -0.05) is 0 Å². The number of rotatable bonds is 2. The maximum absolute atomic E-state index is 6.16. The van der Waals surface area contributed by atoms with Gasteiger partial charge in [0.25, 0.3) is 0 Å². The average Bonchev–Trinajstić information content (AvgIpc) is 2.44. The Bertz CT molecular complexity index is 681. The molecule has 1 aliphatic rings. The zero-order chi connectivity index (χ0) is 16.7. The number of pyridine rings is 1. The second kappa shape index (κ2) is 5.57. The second-order valence-corrected chi connectivity index (χ2v) is 7.40. The maximum Gasteiger partial charge on any atom is 0.161 e. The fraction of sp³-hybridized carbons (Fsp3) is 0.500. The van der Waals surface area contributed by atoms with Gasteiger partial charge < -0.3 is 9.64 Å². The van der Waals surface area contributed by atoms with Gasteiger partial charge in [-0.3, -0.25) is 4.98 Å². The monoisotopic (exact) mass is 312 g/mol. The van der Waals surface area contributed by atoms with E-state index in [9.17, 15) is 0 Å². The predicted molar refractivity (Wildman–Crippen MR) is 91.5 cm³/mol. The van der Waals surface area contributed by atoms with Gasteiger partial charge in [-0.25, -0.2) is 9.97 Å². The van der Waals surface area contributed by atoms with E-state index >= 15 is 0 Å². The molecule has 1 saturated heterocycles. The van der Waals surface area contributed by atoms with Gasteiger partial charge in [-0.15, -0.1) is 0 Å². The van der Waals surface area contributed by atoms with Crippen LogP contribution in [0.5, 0.6) is 0 Å². The fourth-order valence-electron chi connectivity index (χ4n) is 3.29. The molecule has 2 aromatic rings. The van der Waals surface area contributed by atoms with Crippen LogP contribution in [0.4, 0.5) is 5.82 Å². The maximum atomic E-state index is 6.16. The number of nitrogens with zero attached hydrogens (tertiary/aromatic N) is 4. The highest BCUT2D eigenvalue weighted by Crippen LogP contribution is 2.31. The molecule has 0 saturated carbocycles. The molecule has 0 unspecified atom stereocenters. The molecule has 2 aromatic heterocycles. The van der Waals surface area contributed by atoms with Gasteiger partial charge in [-0.2, -0.15) is 0 Å². The third kappa shape index (κ3) is 3.67. The van der Waals surface area contributed by atoms with Gasteiger partial charge in [0.15, 0.2) is 5.82 Å². The van der Waals surface area contributed by atoms with Crippen molar-refractivity contribution in [2.45, 2.75) is 45.8 Å². The molecule has 0 atom stereocenters. The van der Waals surface area contributed by atoms with E-state index in [2.05, 4.69) is 42.6 Å². The van der Waals surface area contributed by atoms with Crippen LogP contribution >= 0.6 is 0 Å². The first kappa shape index (κ1) is 15.9. The Morgan fingerprint density at radius 2 is 1.61 bits per heavy atom. The third-order valence-electron chi connectivity index (χ3n) is 3.80. The molecule has 3 heterocycles. The molecule has 23 heavy (non-hydrogen) atoms. The Hall–Kier alpha value is -2.01. The number of hydrogen-bond donors (Lipinski definition) is 0. The van der Waals surface area contributed by atoms with Crippen molar-refractivity contribution in [1.82, 2.24) is 15.0 Å². The smallest absolute Gasteiger partial charge is 0.161 e. The van der Waals surface area contributed by atoms with Gasteiger partial charge in [0.1, 0.15) is 5.82 Å². The summed E-state index contributed by atoms with van der Waals surface area (Å²) in [4.78, 5) is 15.7. The Morgan fingerprint density at radius 1 is 1.00 bits per heavy atom. The minimum Gasteiger partial charge on any atom is -0.366 e. The molecular formula is C18H24N4O. The number of morpholine rings is 1. The van der Waals surface area contributed by atoms with E-state index in [1.165, 1.54) is 0 Å². The Balaban J connectivity index is 1.98. The Kier molecular flexibility index (Phi) is 3.84. The molecule has 0 radical (unpaired) electrons. The molecule has 0 N–H and O–H groups in total. The van der Waals surface area contributed by atoms with Gasteiger partial charge in [-0.05, 0) is 46.8 Å². The zero-order valence-corrected chi connectivity index (χ0v) is 14.5. The molecular weight excluding hydrogens is 288 g/mol. The molecule has 0 aliphatic carbocycles. The van der Waals surface area contributed by atoms with Crippen LogP contribution in [0, 0.1) is 6.92 Å². The molecule has 1 aliphatic heterocycles. The molecule has 5 heteroatoms. The van der Waals surface area contributed by atoms with Crippen LogP contribution < -0.4 is 4.90 Å². The highest BCUT2D eigenvalue weighted by molar-refractivity contribution is 5.57. The number of ether oxygens (including phenoxy) is 1. The van der Waals surface area contributed by atoms with Crippen LogP contribution in [0.25, 0.3) is 11.4 Å². The predicted octanol–water partition coefficient (Wildman–Crippen LogP) is 3.24. The van der Waals surface area contributed by atoms with E-state index in [1.54, 1.807) is 12.4 Å². The van der Waals surface area contributed by atoms with Crippen molar-refractivity contribution in [2.24, 2.45) is 0 Å². The van der Waals surface area contributed by atoms with E-state index in [1.807, 2.05) is 25.1 Å². The van der Waals surface area contributed by atoms with Crippen LogP contribution in [0.1, 0.15) is 33.4 Å². The molecule has 1 fully saturated rings. The minimum absolute atomic E-state index is 0.211. The van der Waals surface area contributed by atoms with E-state index in [-0.39, 0.29) is 11.2 Å². The molecule has 122 valence electrons. The van der Waals surface area contributed by atoms with Crippen LogP contribution in [0.2, 0.25) is 0 Å². The van der Waals surface area contributed by atoms with Gasteiger partial charge in [0.2, 0.25) is 0 Å². The summed E-state index contributed by atoms with van der Waals surface area (Å²) in [5, 5.41) is 0. The second-order valence-electron chi connectivity index (χ2n) is 7.40. The SMILES string of the molecule is Cc1cc(N2CC(C)(C)OC(C)(C)C2)nc(-c2ccncc2)n1. The highest BCUT2D eigenvalue weighted by Gasteiger charge is 2.38. The van der Waals surface area contributed by atoms with E-state index in [4.69, 9.17) is 9.72 Å².